The first-order valence-electron chi connectivity index (χ1n) is 4.47. The number of hydrogen-bond donors (Lipinski definition) is 1. The molecule has 0 bridgehead atoms. The van der Waals surface area contributed by atoms with Gasteiger partial charge >= 0.3 is 12.1 Å². The second-order valence-corrected chi connectivity index (χ2v) is 3.67. The molecular formula is C10H10Cl2F3NO2. The number of ether oxygens (including phenoxy) is 1. The number of halogens is 5. The summed E-state index contributed by atoms with van der Waals surface area (Å²) in [6.45, 7) is 0. The smallest absolute Gasteiger partial charge is 0.416 e. The molecule has 3 nitrogen and oxygen atoms in total. The summed E-state index contributed by atoms with van der Waals surface area (Å²) in [7, 11) is 1.05. The van der Waals surface area contributed by atoms with E-state index in [1.807, 2.05) is 0 Å². The summed E-state index contributed by atoms with van der Waals surface area (Å²) < 4.78 is 42.4. The van der Waals surface area contributed by atoms with E-state index < -0.39 is 23.8 Å². The molecule has 0 fully saturated rings. The standard InChI is InChI=1S/C10H9ClF3NO2.ClH/c1-17-9(16)8(15)6-3-2-5(11)4-7(6)10(12,13)14;/h2-4,8H,15H2,1H3;1H/t8-;/m1./s1. The van der Waals surface area contributed by atoms with Gasteiger partial charge < -0.3 is 10.5 Å². The highest BCUT2D eigenvalue weighted by atomic mass is 35.5. The van der Waals surface area contributed by atoms with Gasteiger partial charge in [0.25, 0.3) is 0 Å². The van der Waals surface area contributed by atoms with Gasteiger partial charge in [-0.1, -0.05) is 17.7 Å². The quantitative estimate of drug-likeness (QED) is 0.855. The van der Waals surface area contributed by atoms with Crippen molar-refractivity contribution in [1.82, 2.24) is 0 Å². The normalized spacial score (nSPS) is 12.6. The molecule has 0 radical (unpaired) electrons. The van der Waals surface area contributed by atoms with E-state index in [0.717, 1.165) is 19.2 Å². The summed E-state index contributed by atoms with van der Waals surface area (Å²) in [6, 6.07) is 1.52. The van der Waals surface area contributed by atoms with Crippen LogP contribution in [0.4, 0.5) is 13.2 Å². The van der Waals surface area contributed by atoms with Crippen LogP contribution in [0, 0.1) is 0 Å². The minimum Gasteiger partial charge on any atom is -0.468 e. The molecule has 18 heavy (non-hydrogen) atoms. The third-order valence-electron chi connectivity index (χ3n) is 2.11. The number of carbonyl (C=O) groups excluding carboxylic acids is 1. The average Bonchev–Trinajstić information content (AvgIpc) is 2.25. The molecule has 0 amide bonds. The highest BCUT2D eigenvalue weighted by Gasteiger charge is 2.36. The van der Waals surface area contributed by atoms with Gasteiger partial charge in [0.2, 0.25) is 0 Å². The Hall–Kier alpha value is -0.980. The topological polar surface area (TPSA) is 52.3 Å². The van der Waals surface area contributed by atoms with Crippen molar-refractivity contribution in [2.75, 3.05) is 7.11 Å². The van der Waals surface area contributed by atoms with E-state index in [-0.39, 0.29) is 23.0 Å². The van der Waals surface area contributed by atoms with Crippen LogP contribution in [0.25, 0.3) is 0 Å². The van der Waals surface area contributed by atoms with Crippen molar-refractivity contribution in [3.8, 4) is 0 Å². The van der Waals surface area contributed by atoms with Gasteiger partial charge in [0, 0.05) is 5.02 Å². The Morgan fingerprint density at radius 2 is 2.00 bits per heavy atom. The van der Waals surface area contributed by atoms with E-state index in [1.54, 1.807) is 0 Å². The number of carbonyl (C=O) groups is 1. The SMILES string of the molecule is COC(=O)[C@H](N)c1ccc(Cl)cc1C(F)(F)F.Cl. The molecule has 1 atom stereocenters. The number of benzene rings is 1. The number of nitrogens with two attached hydrogens (primary N) is 1. The second kappa shape index (κ2) is 6.26. The largest absolute Gasteiger partial charge is 0.468 e. The van der Waals surface area contributed by atoms with Gasteiger partial charge in [-0.25, -0.2) is 0 Å². The number of esters is 1. The minimum atomic E-state index is -4.63. The number of hydrogen-bond acceptors (Lipinski definition) is 3. The fraction of sp³-hybridized carbons (Fsp3) is 0.300. The van der Waals surface area contributed by atoms with Crippen molar-refractivity contribution in [1.29, 1.82) is 0 Å². The summed E-state index contributed by atoms with van der Waals surface area (Å²) >= 11 is 5.48. The molecule has 0 saturated carbocycles. The molecule has 1 rings (SSSR count). The lowest BCUT2D eigenvalue weighted by atomic mass is 10.0. The summed E-state index contributed by atoms with van der Waals surface area (Å²) in [6.07, 6.45) is -4.63. The summed E-state index contributed by atoms with van der Waals surface area (Å²) in [5.41, 5.74) is 3.97. The minimum absolute atomic E-state index is 0. The van der Waals surface area contributed by atoms with Gasteiger partial charge in [0.1, 0.15) is 6.04 Å². The molecule has 0 aliphatic heterocycles. The lowest BCUT2D eigenvalue weighted by Crippen LogP contribution is -2.25. The van der Waals surface area contributed by atoms with Crippen molar-refractivity contribution in [3.05, 3.63) is 34.3 Å². The Morgan fingerprint density at radius 3 is 2.44 bits per heavy atom. The molecule has 0 unspecified atom stereocenters. The first kappa shape index (κ1) is 17.0. The van der Waals surface area contributed by atoms with E-state index in [2.05, 4.69) is 4.74 Å². The maximum atomic E-state index is 12.7. The van der Waals surface area contributed by atoms with Crippen LogP contribution in [-0.2, 0) is 15.7 Å². The zero-order valence-electron chi connectivity index (χ0n) is 9.12. The monoisotopic (exact) mass is 303 g/mol. The zero-order valence-corrected chi connectivity index (χ0v) is 10.7. The predicted octanol–water partition coefficient (Wildman–Crippen LogP) is 2.95. The van der Waals surface area contributed by atoms with Crippen LogP contribution in [0.5, 0.6) is 0 Å². The van der Waals surface area contributed by atoms with Crippen LogP contribution in [0.3, 0.4) is 0 Å². The molecule has 0 saturated heterocycles. The Morgan fingerprint density at radius 1 is 1.44 bits per heavy atom. The van der Waals surface area contributed by atoms with Crippen LogP contribution < -0.4 is 5.73 Å². The van der Waals surface area contributed by atoms with E-state index >= 15 is 0 Å². The molecule has 2 N–H and O–H groups in total. The molecule has 1 aromatic rings. The first-order chi connectivity index (χ1) is 7.77. The van der Waals surface area contributed by atoms with Crippen molar-refractivity contribution in [3.63, 3.8) is 0 Å². The Bertz CT molecular complexity index is 438. The van der Waals surface area contributed by atoms with Crippen molar-refractivity contribution in [2.24, 2.45) is 5.73 Å². The van der Waals surface area contributed by atoms with Gasteiger partial charge in [-0.15, -0.1) is 12.4 Å². The highest BCUT2D eigenvalue weighted by molar-refractivity contribution is 6.30. The molecule has 0 aromatic heterocycles. The fourth-order valence-corrected chi connectivity index (χ4v) is 1.47. The Labute approximate surface area is 112 Å². The zero-order chi connectivity index (χ0) is 13.2. The van der Waals surface area contributed by atoms with Gasteiger partial charge in [-0.05, 0) is 17.7 Å². The van der Waals surface area contributed by atoms with E-state index in [9.17, 15) is 18.0 Å². The summed E-state index contributed by atoms with van der Waals surface area (Å²) in [4.78, 5) is 11.1. The van der Waals surface area contributed by atoms with Gasteiger partial charge in [0.05, 0.1) is 12.7 Å². The van der Waals surface area contributed by atoms with Gasteiger partial charge in [-0.2, -0.15) is 13.2 Å². The molecule has 102 valence electrons. The molecule has 8 heteroatoms. The van der Waals surface area contributed by atoms with Gasteiger partial charge in [-0.3, -0.25) is 4.79 Å². The second-order valence-electron chi connectivity index (χ2n) is 3.23. The van der Waals surface area contributed by atoms with Crippen LogP contribution in [-0.4, -0.2) is 13.1 Å². The van der Waals surface area contributed by atoms with Crippen molar-refractivity contribution >= 4 is 30.0 Å². The van der Waals surface area contributed by atoms with E-state index in [4.69, 9.17) is 17.3 Å². The summed E-state index contributed by atoms with van der Waals surface area (Å²) in [5.74, 6) is -0.946. The molecule has 0 heterocycles. The average molecular weight is 304 g/mol. The predicted molar refractivity (Wildman–Crippen MR) is 62.6 cm³/mol. The Kier molecular flexibility index (Phi) is 5.92. The fourth-order valence-electron chi connectivity index (χ4n) is 1.30. The molecule has 0 aliphatic rings. The number of alkyl halides is 3. The van der Waals surface area contributed by atoms with Crippen LogP contribution >= 0.6 is 24.0 Å². The number of rotatable bonds is 2. The molecule has 0 aliphatic carbocycles. The summed E-state index contributed by atoms with van der Waals surface area (Å²) in [5, 5.41) is -0.0851. The maximum absolute atomic E-state index is 12.7. The van der Waals surface area contributed by atoms with E-state index in [1.165, 1.54) is 6.07 Å². The van der Waals surface area contributed by atoms with Crippen LogP contribution in [0.1, 0.15) is 17.2 Å². The Balaban J connectivity index is 0.00000289. The third-order valence-corrected chi connectivity index (χ3v) is 2.35. The number of methoxy groups -OCH3 is 1. The first-order valence-corrected chi connectivity index (χ1v) is 4.85. The lowest BCUT2D eigenvalue weighted by molar-refractivity contribution is -0.144. The maximum Gasteiger partial charge on any atom is 0.416 e. The third kappa shape index (κ3) is 3.76. The van der Waals surface area contributed by atoms with Crippen LogP contribution in [0.2, 0.25) is 5.02 Å². The lowest BCUT2D eigenvalue weighted by Gasteiger charge is -2.16. The molecular weight excluding hydrogens is 294 g/mol. The van der Waals surface area contributed by atoms with Crippen molar-refractivity contribution < 1.29 is 22.7 Å². The highest BCUT2D eigenvalue weighted by Crippen LogP contribution is 2.35. The molecule has 0 spiro atoms. The van der Waals surface area contributed by atoms with E-state index in [0.29, 0.717) is 0 Å². The van der Waals surface area contributed by atoms with Crippen molar-refractivity contribution in [2.45, 2.75) is 12.2 Å². The van der Waals surface area contributed by atoms with Gasteiger partial charge in [0.15, 0.2) is 0 Å². The molecule has 1 aromatic carbocycles. The van der Waals surface area contributed by atoms with Crippen LogP contribution in [0.15, 0.2) is 18.2 Å².